The third kappa shape index (κ3) is 3.81. The molecule has 0 spiro atoms. The predicted octanol–water partition coefficient (Wildman–Crippen LogP) is 2.19. The number of aromatic amines is 1. The van der Waals surface area contributed by atoms with Gasteiger partial charge in [0.1, 0.15) is 11.4 Å². The molecule has 1 aromatic heterocycles. The van der Waals surface area contributed by atoms with Crippen molar-refractivity contribution in [2.45, 2.75) is 19.4 Å². The number of benzene rings is 1. The maximum atomic E-state index is 12.2. The number of nitrogens with zero attached hydrogens (tertiary/aromatic N) is 1. The van der Waals surface area contributed by atoms with Gasteiger partial charge in [-0.3, -0.25) is 9.89 Å². The van der Waals surface area contributed by atoms with Gasteiger partial charge in [0.25, 0.3) is 5.91 Å². The zero-order valence-electron chi connectivity index (χ0n) is 12.6. The first-order valence-electron chi connectivity index (χ1n) is 6.87. The highest BCUT2D eigenvalue weighted by molar-refractivity contribution is 6.32. The lowest BCUT2D eigenvalue weighted by atomic mass is 10.1. The Hall–Kier alpha value is -2.54. The van der Waals surface area contributed by atoms with Crippen LogP contribution in [0.3, 0.4) is 0 Å². The molecule has 0 fully saturated rings. The Morgan fingerprint density at radius 2 is 2.17 bits per heavy atom. The molecule has 8 heteroatoms. The number of carboxylic acid groups (broad SMARTS) is 1. The lowest BCUT2D eigenvalue weighted by Crippen LogP contribution is -2.34. The number of aliphatic carboxylic acids is 1. The fourth-order valence-electron chi connectivity index (χ4n) is 2.01. The number of rotatable bonds is 6. The summed E-state index contributed by atoms with van der Waals surface area (Å²) >= 11 is 6.01. The summed E-state index contributed by atoms with van der Waals surface area (Å²) in [6, 6.07) is 4.86. The zero-order valence-corrected chi connectivity index (χ0v) is 13.3. The van der Waals surface area contributed by atoms with Crippen LogP contribution in [0.2, 0.25) is 5.02 Å². The van der Waals surface area contributed by atoms with E-state index in [0.29, 0.717) is 17.7 Å². The number of hydrogen-bond acceptors (Lipinski definition) is 4. The number of hydrogen-bond donors (Lipinski definition) is 3. The van der Waals surface area contributed by atoms with Gasteiger partial charge in [-0.05, 0) is 30.2 Å². The molecule has 0 radical (unpaired) electrons. The van der Waals surface area contributed by atoms with Crippen molar-refractivity contribution in [3.05, 3.63) is 46.2 Å². The van der Waals surface area contributed by atoms with Gasteiger partial charge in [0.2, 0.25) is 0 Å². The van der Waals surface area contributed by atoms with E-state index >= 15 is 0 Å². The molecule has 1 heterocycles. The molecule has 0 aliphatic heterocycles. The van der Waals surface area contributed by atoms with Crippen molar-refractivity contribution in [2.75, 3.05) is 7.11 Å². The molecule has 0 aliphatic carbocycles. The van der Waals surface area contributed by atoms with Crippen LogP contribution in [0.15, 0.2) is 24.3 Å². The second-order valence-electron chi connectivity index (χ2n) is 4.77. The van der Waals surface area contributed by atoms with Crippen LogP contribution in [0.4, 0.5) is 0 Å². The van der Waals surface area contributed by atoms with Crippen LogP contribution in [-0.4, -0.2) is 34.3 Å². The van der Waals surface area contributed by atoms with Gasteiger partial charge in [-0.15, -0.1) is 0 Å². The van der Waals surface area contributed by atoms with Gasteiger partial charge in [-0.25, -0.2) is 4.79 Å². The standard InChI is InChI=1S/C15H16ClN3O4/c1-3-9-7-11(19-18-9)14(20)17-13(15(21)22)8-4-5-12(23-2)10(16)6-8/h4-7,13H,3H2,1-2H3,(H,17,20)(H,18,19)(H,21,22). The van der Waals surface area contributed by atoms with Gasteiger partial charge < -0.3 is 15.2 Å². The minimum atomic E-state index is -1.24. The number of carbonyl (C=O) groups is 2. The van der Waals surface area contributed by atoms with Crippen molar-refractivity contribution in [3.63, 3.8) is 0 Å². The van der Waals surface area contributed by atoms with E-state index in [2.05, 4.69) is 15.5 Å². The number of carbonyl (C=O) groups excluding carboxylic acids is 1. The van der Waals surface area contributed by atoms with Crippen LogP contribution in [0.25, 0.3) is 0 Å². The number of nitrogens with one attached hydrogen (secondary N) is 2. The van der Waals surface area contributed by atoms with Gasteiger partial charge in [-0.2, -0.15) is 5.10 Å². The summed E-state index contributed by atoms with van der Waals surface area (Å²) in [4.78, 5) is 23.6. The highest BCUT2D eigenvalue weighted by Gasteiger charge is 2.24. The fourth-order valence-corrected chi connectivity index (χ4v) is 2.28. The van der Waals surface area contributed by atoms with Crippen molar-refractivity contribution in [3.8, 4) is 5.75 Å². The van der Waals surface area contributed by atoms with Crippen molar-refractivity contribution < 1.29 is 19.4 Å². The molecule has 7 nitrogen and oxygen atoms in total. The number of carboxylic acids is 1. The summed E-state index contributed by atoms with van der Waals surface area (Å²) in [5.41, 5.74) is 1.25. The topological polar surface area (TPSA) is 104 Å². The quantitative estimate of drug-likeness (QED) is 0.749. The molecule has 0 aliphatic rings. The number of amides is 1. The zero-order chi connectivity index (χ0) is 17.0. The van der Waals surface area contributed by atoms with Crippen LogP contribution in [-0.2, 0) is 11.2 Å². The Morgan fingerprint density at radius 3 is 2.70 bits per heavy atom. The number of halogens is 1. The van der Waals surface area contributed by atoms with Crippen LogP contribution >= 0.6 is 11.6 Å². The molecule has 23 heavy (non-hydrogen) atoms. The van der Waals surface area contributed by atoms with E-state index < -0.39 is 17.9 Å². The molecule has 2 rings (SSSR count). The van der Waals surface area contributed by atoms with E-state index in [1.807, 2.05) is 6.92 Å². The van der Waals surface area contributed by atoms with Crippen molar-refractivity contribution in [1.29, 1.82) is 0 Å². The summed E-state index contributed by atoms with van der Waals surface area (Å²) in [6.07, 6.45) is 0.691. The number of aromatic nitrogens is 2. The fraction of sp³-hybridized carbons (Fsp3) is 0.267. The number of H-pyrrole nitrogens is 1. The van der Waals surface area contributed by atoms with Crippen molar-refractivity contribution in [1.82, 2.24) is 15.5 Å². The molecule has 0 saturated heterocycles. The first-order valence-corrected chi connectivity index (χ1v) is 7.25. The molecule has 1 unspecified atom stereocenters. The van der Waals surface area contributed by atoms with E-state index in [1.165, 1.54) is 19.2 Å². The summed E-state index contributed by atoms with van der Waals surface area (Å²) in [6.45, 7) is 1.91. The van der Waals surface area contributed by atoms with Gasteiger partial charge in [0.15, 0.2) is 6.04 Å². The molecule has 1 atom stereocenters. The predicted molar refractivity (Wildman–Crippen MR) is 83.8 cm³/mol. The monoisotopic (exact) mass is 337 g/mol. The molecule has 122 valence electrons. The normalized spacial score (nSPS) is 11.8. The Balaban J connectivity index is 2.23. The second-order valence-corrected chi connectivity index (χ2v) is 5.18. The van der Waals surface area contributed by atoms with Crippen molar-refractivity contribution in [2.24, 2.45) is 0 Å². The minimum Gasteiger partial charge on any atom is -0.495 e. The van der Waals surface area contributed by atoms with Gasteiger partial charge in [0, 0.05) is 5.69 Å². The highest BCUT2D eigenvalue weighted by Crippen LogP contribution is 2.27. The van der Waals surface area contributed by atoms with Gasteiger partial charge >= 0.3 is 5.97 Å². The number of methoxy groups -OCH3 is 1. The van der Waals surface area contributed by atoms with E-state index in [9.17, 15) is 14.7 Å². The molecular formula is C15H16ClN3O4. The Morgan fingerprint density at radius 1 is 1.43 bits per heavy atom. The highest BCUT2D eigenvalue weighted by atomic mass is 35.5. The third-order valence-electron chi connectivity index (χ3n) is 3.28. The molecular weight excluding hydrogens is 322 g/mol. The number of ether oxygens (including phenoxy) is 1. The van der Waals surface area contributed by atoms with E-state index in [-0.39, 0.29) is 10.7 Å². The molecule has 2 aromatic rings. The van der Waals surface area contributed by atoms with Crippen LogP contribution in [0.5, 0.6) is 5.75 Å². The molecule has 1 aromatic carbocycles. The summed E-state index contributed by atoms with van der Waals surface area (Å²) < 4.78 is 5.02. The smallest absolute Gasteiger partial charge is 0.330 e. The summed E-state index contributed by atoms with van der Waals surface area (Å²) in [5, 5.41) is 18.6. The SMILES string of the molecule is CCc1cc(C(=O)NC(C(=O)O)c2ccc(OC)c(Cl)c2)n[nH]1. The average Bonchev–Trinajstić information content (AvgIpc) is 3.01. The van der Waals surface area contributed by atoms with Gasteiger partial charge in [0.05, 0.1) is 12.1 Å². The van der Waals surface area contributed by atoms with Crippen LogP contribution in [0, 0.1) is 0 Å². The van der Waals surface area contributed by atoms with E-state index in [0.717, 1.165) is 5.69 Å². The average molecular weight is 338 g/mol. The van der Waals surface area contributed by atoms with E-state index in [1.54, 1.807) is 12.1 Å². The van der Waals surface area contributed by atoms with Crippen LogP contribution < -0.4 is 10.1 Å². The summed E-state index contributed by atoms with van der Waals surface area (Å²) in [7, 11) is 1.46. The Kier molecular flexibility index (Phi) is 5.23. The lowest BCUT2D eigenvalue weighted by Gasteiger charge is -2.15. The molecule has 0 saturated carbocycles. The van der Waals surface area contributed by atoms with Crippen molar-refractivity contribution >= 4 is 23.5 Å². The molecule has 1 amide bonds. The van der Waals surface area contributed by atoms with Crippen LogP contribution in [0.1, 0.15) is 34.7 Å². The van der Waals surface area contributed by atoms with E-state index in [4.69, 9.17) is 16.3 Å². The first kappa shape index (κ1) is 16.8. The first-order chi connectivity index (χ1) is 11.0. The second kappa shape index (κ2) is 7.15. The maximum absolute atomic E-state index is 12.2. The maximum Gasteiger partial charge on any atom is 0.330 e. The largest absolute Gasteiger partial charge is 0.495 e. The Bertz CT molecular complexity index is 729. The minimum absolute atomic E-state index is 0.132. The number of aryl methyl sites for hydroxylation is 1. The molecule has 0 bridgehead atoms. The van der Waals surface area contributed by atoms with Gasteiger partial charge in [-0.1, -0.05) is 24.6 Å². The lowest BCUT2D eigenvalue weighted by molar-refractivity contribution is -0.139. The Labute approximate surface area is 137 Å². The molecule has 3 N–H and O–H groups in total. The summed E-state index contributed by atoms with van der Waals surface area (Å²) in [5.74, 6) is -1.36. The third-order valence-corrected chi connectivity index (χ3v) is 3.57.